The maximum Gasteiger partial charge on any atom is 0.201 e. The first-order chi connectivity index (χ1) is 14.9. The van der Waals surface area contributed by atoms with Crippen molar-refractivity contribution in [2.45, 2.75) is 77.0 Å². The fraction of sp³-hybridized carbons (Fsp3) is 0.750. The monoisotopic (exact) mass is 434 g/mol. The van der Waals surface area contributed by atoms with Crippen molar-refractivity contribution in [1.82, 2.24) is 0 Å². The van der Waals surface area contributed by atoms with E-state index in [-0.39, 0.29) is 18.1 Å². The van der Waals surface area contributed by atoms with Gasteiger partial charge in [-0.25, -0.2) is 9.78 Å². The zero-order valence-corrected chi connectivity index (χ0v) is 19.1. The summed E-state index contributed by atoms with van der Waals surface area (Å²) in [4.78, 5) is 12.1. The van der Waals surface area contributed by atoms with Gasteiger partial charge >= 0.3 is 0 Å². The van der Waals surface area contributed by atoms with Gasteiger partial charge in [-0.1, -0.05) is 19.9 Å². The Labute approximate surface area is 184 Å². The highest BCUT2D eigenvalue weighted by Gasteiger charge is 2.69. The van der Waals surface area contributed by atoms with Crippen LogP contribution in [0.5, 0.6) is 11.5 Å². The average molecular weight is 435 g/mol. The van der Waals surface area contributed by atoms with Gasteiger partial charge in [0.05, 0.1) is 20.8 Å². The molecule has 31 heavy (non-hydrogen) atoms. The largest absolute Gasteiger partial charge is 0.493 e. The zero-order valence-electron chi connectivity index (χ0n) is 19.1. The van der Waals surface area contributed by atoms with E-state index < -0.39 is 17.7 Å². The van der Waals surface area contributed by atoms with Crippen molar-refractivity contribution in [3.63, 3.8) is 0 Å². The van der Waals surface area contributed by atoms with Crippen LogP contribution >= 0.6 is 0 Å². The van der Waals surface area contributed by atoms with Gasteiger partial charge < -0.3 is 23.7 Å². The van der Waals surface area contributed by atoms with E-state index in [0.29, 0.717) is 29.9 Å². The summed E-state index contributed by atoms with van der Waals surface area (Å²) < 4.78 is 29.9. The van der Waals surface area contributed by atoms with Gasteiger partial charge in [-0.15, -0.1) is 0 Å². The minimum absolute atomic E-state index is 0.154. The molecule has 6 rings (SSSR count). The van der Waals surface area contributed by atoms with Crippen molar-refractivity contribution < 1.29 is 33.5 Å². The van der Waals surface area contributed by atoms with Crippen LogP contribution in [0.25, 0.3) is 0 Å². The molecule has 1 aromatic carbocycles. The Morgan fingerprint density at radius 2 is 1.81 bits per heavy atom. The van der Waals surface area contributed by atoms with Crippen LogP contribution in [0.15, 0.2) is 18.2 Å². The molecule has 7 heteroatoms. The molecule has 1 aromatic rings. The van der Waals surface area contributed by atoms with E-state index in [1.807, 2.05) is 25.1 Å². The standard InChI is InChI=1S/C24H34O7/c1-14-6-8-18-15(2)21(27-13-16-7-9-19(25-4)20(12-16)26-5)28-22-24(18)17(14)10-11-23(3,29-22)30-31-24/h7,9,12,14-15,17-18,21-22H,6,8,10-11,13H2,1-5H3/t14-,15-,17+,18+,21+,22-,23-,24-/m1/s1. The predicted molar refractivity (Wildman–Crippen MR) is 111 cm³/mol. The third kappa shape index (κ3) is 3.37. The van der Waals surface area contributed by atoms with Crippen LogP contribution in [0.1, 0.15) is 52.0 Å². The minimum atomic E-state index is -0.772. The topological polar surface area (TPSA) is 64.6 Å². The lowest BCUT2D eigenvalue weighted by Gasteiger charge is -2.60. The molecule has 0 radical (unpaired) electrons. The smallest absolute Gasteiger partial charge is 0.201 e. The van der Waals surface area contributed by atoms with E-state index in [2.05, 4.69) is 13.8 Å². The van der Waals surface area contributed by atoms with Gasteiger partial charge in [0, 0.05) is 18.3 Å². The second-order valence-corrected chi connectivity index (χ2v) is 9.77. The number of hydrogen-bond acceptors (Lipinski definition) is 7. The van der Waals surface area contributed by atoms with Crippen molar-refractivity contribution in [2.24, 2.45) is 23.7 Å². The van der Waals surface area contributed by atoms with E-state index in [0.717, 1.165) is 24.8 Å². The van der Waals surface area contributed by atoms with Crippen LogP contribution in [0.4, 0.5) is 0 Å². The van der Waals surface area contributed by atoms with Gasteiger partial charge in [-0.3, -0.25) is 0 Å². The molecular formula is C24H34O7. The van der Waals surface area contributed by atoms with Crippen molar-refractivity contribution in [1.29, 1.82) is 0 Å². The molecule has 0 amide bonds. The summed E-state index contributed by atoms with van der Waals surface area (Å²) in [5.74, 6) is 1.93. The molecule has 0 aromatic heterocycles. The van der Waals surface area contributed by atoms with E-state index >= 15 is 0 Å². The summed E-state index contributed by atoms with van der Waals surface area (Å²) >= 11 is 0. The Balaban J connectivity index is 1.37. The molecule has 1 aliphatic carbocycles. The number of ether oxygens (including phenoxy) is 5. The van der Waals surface area contributed by atoms with Crippen LogP contribution in [-0.2, 0) is 30.6 Å². The highest BCUT2D eigenvalue weighted by atomic mass is 17.3. The first-order valence-corrected chi connectivity index (χ1v) is 11.4. The molecule has 1 spiro atoms. The number of hydrogen-bond donors (Lipinski definition) is 0. The second kappa shape index (κ2) is 7.89. The Bertz CT molecular complexity index is 815. The van der Waals surface area contributed by atoms with Crippen LogP contribution in [0.3, 0.4) is 0 Å². The third-order valence-electron chi connectivity index (χ3n) is 7.96. The Kier molecular flexibility index (Phi) is 5.46. The van der Waals surface area contributed by atoms with Gasteiger partial charge in [0.15, 0.2) is 29.7 Å². The molecule has 5 fully saturated rings. The first-order valence-electron chi connectivity index (χ1n) is 11.4. The van der Waals surface area contributed by atoms with Crippen LogP contribution in [0, 0.1) is 23.7 Å². The van der Waals surface area contributed by atoms with E-state index in [4.69, 9.17) is 33.5 Å². The number of benzene rings is 1. The zero-order chi connectivity index (χ0) is 21.8. The lowest BCUT2D eigenvalue weighted by Crippen LogP contribution is -2.70. The molecule has 5 aliphatic rings. The third-order valence-corrected chi connectivity index (χ3v) is 7.96. The quantitative estimate of drug-likeness (QED) is 0.635. The molecular weight excluding hydrogens is 400 g/mol. The molecule has 2 bridgehead atoms. The maximum atomic E-state index is 6.48. The van der Waals surface area contributed by atoms with Gasteiger partial charge in [0.1, 0.15) is 0 Å². The predicted octanol–water partition coefficient (Wildman–Crippen LogP) is 4.43. The second-order valence-electron chi connectivity index (χ2n) is 9.77. The first kappa shape index (κ1) is 21.5. The van der Waals surface area contributed by atoms with Crippen molar-refractivity contribution >= 4 is 0 Å². The number of rotatable bonds is 5. The van der Waals surface area contributed by atoms with E-state index in [1.165, 1.54) is 6.42 Å². The molecule has 4 saturated heterocycles. The summed E-state index contributed by atoms with van der Waals surface area (Å²) in [6.07, 6.45) is 3.20. The lowest BCUT2D eigenvalue weighted by molar-refractivity contribution is -0.577. The molecule has 1 saturated carbocycles. The molecule has 8 atom stereocenters. The normalized spacial score (nSPS) is 43.8. The van der Waals surface area contributed by atoms with Gasteiger partial charge in [0.2, 0.25) is 5.79 Å². The Morgan fingerprint density at radius 1 is 1.00 bits per heavy atom. The van der Waals surface area contributed by atoms with Crippen LogP contribution < -0.4 is 9.47 Å². The summed E-state index contributed by atoms with van der Waals surface area (Å²) in [6, 6.07) is 5.81. The summed E-state index contributed by atoms with van der Waals surface area (Å²) in [6.45, 7) is 6.87. The molecule has 0 N–H and O–H groups in total. The SMILES string of the molecule is COc1ccc(CO[C@H]2O[C@@H]3O[C@@]4(C)CC[C@H]5[C@H](C)CC[C@@H]([C@H]2C)[C@@]35OO4)cc1OC. The van der Waals surface area contributed by atoms with Crippen LogP contribution in [-0.4, -0.2) is 38.2 Å². The van der Waals surface area contributed by atoms with Gasteiger partial charge in [-0.05, 0) is 55.7 Å². The molecule has 4 heterocycles. The fourth-order valence-electron chi connectivity index (χ4n) is 6.21. The molecule has 4 aliphatic heterocycles. The summed E-state index contributed by atoms with van der Waals surface area (Å²) in [5, 5.41) is 0. The summed E-state index contributed by atoms with van der Waals surface area (Å²) in [7, 11) is 3.27. The number of fused-ring (bicyclic) bond motifs is 2. The van der Waals surface area contributed by atoms with Crippen molar-refractivity contribution in [3.8, 4) is 11.5 Å². The maximum absolute atomic E-state index is 6.48. The highest BCUT2D eigenvalue weighted by molar-refractivity contribution is 5.42. The van der Waals surface area contributed by atoms with Crippen LogP contribution in [0.2, 0.25) is 0 Å². The van der Waals surface area contributed by atoms with E-state index in [9.17, 15) is 0 Å². The van der Waals surface area contributed by atoms with Crippen molar-refractivity contribution in [2.75, 3.05) is 14.2 Å². The van der Waals surface area contributed by atoms with Crippen molar-refractivity contribution in [3.05, 3.63) is 23.8 Å². The molecule has 0 unspecified atom stereocenters. The van der Waals surface area contributed by atoms with E-state index in [1.54, 1.807) is 14.2 Å². The van der Waals surface area contributed by atoms with Gasteiger partial charge in [0.25, 0.3) is 0 Å². The summed E-state index contributed by atoms with van der Waals surface area (Å²) in [5.41, 5.74) is 0.440. The average Bonchev–Trinajstić information content (AvgIpc) is 3.01. The lowest BCUT2D eigenvalue weighted by atomic mass is 9.58. The number of methoxy groups -OCH3 is 2. The molecule has 172 valence electrons. The fourth-order valence-corrected chi connectivity index (χ4v) is 6.21. The minimum Gasteiger partial charge on any atom is -0.493 e. The van der Waals surface area contributed by atoms with Gasteiger partial charge in [-0.2, -0.15) is 0 Å². The molecule has 7 nitrogen and oxygen atoms in total. The highest BCUT2D eigenvalue weighted by Crippen LogP contribution is 2.60. The Hall–Kier alpha value is -1.38. The Morgan fingerprint density at radius 3 is 2.58 bits per heavy atom.